The van der Waals surface area contributed by atoms with Crippen molar-refractivity contribution in [3.8, 4) is 5.75 Å². The fourth-order valence-corrected chi connectivity index (χ4v) is 2.50. The third kappa shape index (κ3) is 11.6. The molecule has 0 unspecified atom stereocenters. The number of hydrogen-bond acceptors (Lipinski definition) is 2. The number of para-hydroxylation sites is 1. The van der Waals surface area contributed by atoms with Gasteiger partial charge in [-0.2, -0.15) is 0 Å². The Kier molecular flexibility index (Phi) is 11.9. The normalized spacial score (nSPS) is 11.0. The zero-order valence-electron chi connectivity index (χ0n) is 14.6. The number of allylic oxidation sites excluding steroid dienone is 2. The van der Waals surface area contributed by atoms with Gasteiger partial charge < -0.3 is 4.74 Å². The van der Waals surface area contributed by atoms with Gasteiger partial charge in [-0.25, -0.2) is 0 Å². The van der Waals surface area contributed by atoms with E-state index in [2.05, 4.69) is 19.1 Å². The predicted octanol–water partition coefficient (Wildman–Crippen LogP) is 6.46. The fraction of sp³-hybridized carbons (Fsp3) is 0.571. The number of hydrogen-bond donors (Lipinski definition) is 0. The molecule has 0 spiro atoms. The zero-order valence-corrected chi connectivity index (χ0v) is 14.6. The summed E-state index contributed by atoms with van der Waals surface area (Å²) < 4.78 is 5.24. The van der Waals surface area contributed by atoms with Crippen LogP contribution < -0.4 is 4.74 Å². The van der Waals surface area contributed by atoms with Crippen molar-refractivity contribution in [2.24, 2.45) is 0 Å². The first-order valence-electron chi connectivity index (χ1n) is 9.23. The second-order valence-electron chi connectivity index (χ2n) is 6.06. The molecular formula is C21H32O2. The van der Waals surface area contributed by atoms with Gasteiger partial charge in [-0.1, -0.05) is 82.2 Å². The first kappa shape index (κ1) is 19.5. The highest BCUT2D eigenvalue weighted by Crippen LogP contribution is 2.11. The van der Waals surface area contributed by atoms with Crippen molar-refractivity contribution in [1.82, 2.24) is 0 Å². The van der Waals surface area contributed by atoms with Crippen molar-refractivity contribution in [2.45, 2.75) is 77.6 Å². The van der Waals surface area contributed by atoms with E-state index in [0.29, 0.717) is 12.2 Å². The number of esters is 1. The van der Waals surface area contributed by atoms with Gasteiger partial charge in [0.15, 0.2) is 0 Å². The van der Waals surface area contributed by atoms with Crippen LogP contribution in [0.1, 0.15) is 77.6 Å². The number of unbranched alkanes of at least 4 members (excludes halogenated alkanes) is 8. The van der Waals surface area contributed by atoms with Crippen LogP contribution in [0.25, 0.3) is 0 Å². The molecule has 0 N–H and O–H groups in total. The maximum absolute atomic E-state index is 11.6. The van der Waals surface area contributed by atoms with Gasteiger partial charge in [0.05, 0.1) is 0 Å². The van der Waals surface area contributed by atoms with Crippen LogP contribution in [0, 0.1) is 0 Å². The minimum Gasteiger partial charge on any atom is -0.427 e. The SMILES string of the molecule is CCCCCCCCCC/C=C\CCC(=O)Oc1ccccc1. The van der Waals surface area contributed by atoms with E-state index in [0.717, 1.165) is 12.8 Å². The number of carbonyl (C=O) groups is 1. The highest BCUT2D eigenvalue weighted by atomic mass is 16.5. The van der Waals surface area contributed by atoms with Crippen LogP contribution in [-0.4, -0.2) is 5.97 Å². The van der Waals surface area contributed by atoms with E-state index in [1.807, 2.05) is 18.2 Å². The van der Waals surface area contributed by atoms with E-state index >= 15 is 0 Å². The van der Waals surface area contributed by atoms with Crippen LogP contribution in [-0.2, 0) is 4.79 Å². The van der Waals surface area contributed by atoms with Crippen LogP contribution in [0.3, 0.4) is 0 Å². The standard InChI is InChI=1S/C21H32O2/c1-2-3-4-5-6-7-8-9-10-11-12-16-19-21(22)23-20-17-14-13-15-18-20/h11-15,17-18H,2-10,16,19H2,1H3/b12-11-. The van der Waals surface area contributed by atoms with Gasteiger partial charge in [0.1, 0.15) is 5.75 Å². The zero-order chi connectivity index (χ0) is 16.6. The lowest BCUT2D eigenvalue weighted by molar-refractivity contribution is -0.134. The Hall–Kier alpha value is -1.57. The molecule has 0 amide bonds. The molecule has 2 nitrogen and oxygen atoms in total. The average Bonchev–Trinajstić information content (AvgIpc) is 2.57. The van der Waals surface area contributed by atoms with Crippen LogP contribution in [0.2, 0.25) is 0 Å². The van der Waals surface area contributed by atoms with Crippen molar-refractivity contribution in [2.75, 3.05) is 0 Å². The summed E-state index contributed by atoms with van der Waals surface area (Å²) in [5.74, 6) is 0.466. The van der Waals surface area contributed by atoms with Crippen molar-refractivity contribution >= 4 is 5.97 Å². The van der Waals surface area contributed by atoms with Crippen LogP contribution in [0.4, 0.5) is 0 Å². The van der Waals surface area contributed by atoms with E-state index in [9.17, 15) is 4.79 Å². The molecular weight excluding hydrogens is 284 g/mol. The number of benzene rings is 1. The lowest BCUT2D eigenvalue weighted by Gasteiger charge is -2.02. The summed E-state index contributed by atoms with van der Waals surface area (Å²) in [5.41, 5.74) is 0. The molecule has 1 aromatic rings. The Morgan fingerprint density at radius 2 is 1.48 bits per heavy atom. The van der Waals surface area contributed by atoms with Crippen LogP contribution >= 0.6 is 0 Å². The number of rotatable bonds is 13. The lowest BCUT2D eigenvalue weighted by Crippen LogP contribution is -2.06. The highest BCUT2D eigenvalue weighted by molar-refractivity contribution is 5.72. The molecule has 0 fully saturated rings. The first-order chi connectivity index (χ1) is 11.3. The van der Waals surface area contributed by atoms with Crippen molar-refractivity contribution in [1.29, 1.82) is 0 Å². The van der Waals surface area contributed by atoms with Crippen molar-refractivity contribution < 1.29 is 9.53 Å². The van der Waals surface area contributed by atoms with E-state index < -0.39 is 0 Å². The molecule has 1 rings (SSSR count). The van der Waals surface area contributed by atoms with Crippen LogP contribution in [0.5, 0.6) is 5.75 Å². The Morgan fingerprint density at radius 1 is 0.870 bits per heavy atom. The molecule has 0 aliphatic carbocycles. The molecule has 0 saturated carbocycles. The van der Waals surface area contributed by atoms with E-state index in [4.69, 9.17) is 4.74 Å². The maximum atomic E-state index is 11.6. The Labute approximate surface area is 141 Å². The third-order valence-corrected chi connectivity index (χ3v) is 3.88. The van der Waals surface area contributed by atoms with Crippen molar-refractivity contribution in [3.63, 3.8) is 0 Å². The molecule has 0 radical (unpaired) electrons. The summed E-state index contributed by atoms with van der Waals surface area (Å²) in [6.07, 6.45) is 17.5. The van der Waals surface area contributed by atoms with Gasteiger partial charge in [0.25, 0.3) is 0 Å². The molecule has 0 bridgehead atoms. The largest absolute Gasteiger partial charge is 0.427 e. The monoisotopic (exact) mass is 316 g/mol. The molecule has 0 aliphatic rings. The summed E-state index contributed by atoms with van der Waals surface area (Å²) in [5, 5.41) is 0. The molecule has 0 aromatic heterocycles. The number of carbonyl (C=O) groups excluding carboxylic acids is 1. The van der Waals surface area contributed by atoms with E-state index in [1.54, 1.807) is 12.1 Å². The summed E-state index contributed by atoms with van der Waals surface area (Å²) in [7, 11) is 0. The van der Waals surface area contributed by atoms with Gasteiger partial charge in [-0.05, 0) is 31.4 Å². The maximum Gasteiger partial charge on any atom is 0.311 e. The first-order valence-corrected chi connectivity index (χ1v) is 9.23. The molecule has 0 atom stereocenters. The second kappa shape index (κ2) is 14.0. The molecule has 0 heterocycles. The fourth-order valence-electron chi connectivity index (χ4n) is 2.50. The highest BCUT2D eigenvalue weighted by Gasteiger charge is 2.02. The van der Waals surface area contributed by atoms with Gasteiger partial charge in [-0.3, -0.25) is 4.79 Å². The molecule has 1 aromatic carbocycles. The summed E-state index contributed by atoms with van der Waals surface area (Å²) in [4.78, 5) is 11.6. The molecule has 23 heavy (non-hydrogen) atoms. The molecule has 0 saturated heterocycles. The second-order valence-corrected chi connectivity index (χ2v) is 6.06. The van der Waals surface area contributed by atoms with Gasteiger partial charge >= 0.3 is 5.97 Å². The molecule has 2 heteroatoms. The summed E-state index contributed by atoms with van der Waals surface area (Å²) in [6.45, 7) is 2.26. The third-order valence-electron chi connectivity index (χ3n) is 3.88. The van der Waals surface area contributed by atoms with Gasteiger partial charge in [-0.15, -0.1) is 0 Å². The Balaban J connectivity index is 1.91. The van der Waals surface area contributed by atoms with E-state index in [-0.39, 0.29) is 5.97 Å². The Morgan fingerprint density at radius 3 is 2.17 bits per heavy atom. The molecule has 0 aliphatic heterocycles. The summed E-state index contributed by atoms with van der Waals surface area (Å²) in [6, 6.07) is 9.25. The average molecular weight is 316 g/mol. The van der Waals surface area contributed by atoms with Gasteiger partial charge in [0, 0.05) is 6.42 Å². The van der Waals surface area contributed by atoms with Crippen LogP contribution in [0.15, 0.2) is 42.5 Å². The topological polar surface area (TPSA) is 26.3 Å². The quantitative estimate of drug-likeness (QED) is 0.181. The minimum atomic E-state index is -0.159. The Bertz CT molecular complexity index is 423. The minimum absolute atomic E-state index is 0.159. The predicted molar refractivity (Wildman–Crippen MR) is 97.7 cm³/mol. The van der Waals surface area contributed by atoms with Gasteiger partial charge in [0.2, 0.25) is 0 Å². The van der Waals surface area contributed by atoms with E-state index in [1.165, 1.54) is 51.4 Å². The molecule has 128 valence electrons. The lowest BCUT2D eigenvalue weighted by atomic mass is 10.1. The summed E-state index contributed by atoms with van der Waals surface area (Å²) >= 11 is 0. The smallest absolute Gasteiger partial charge is 0.311 e. The number of ether oxygens (including phenoxy) is 1. The van der Waals surface area contributed by atoms with Crippen molar-refractivity contribution in [3.05, 3.63) is 42.5 Å².